The third-order valence-electron chi connectivity index (χ3n) is 2.61. The van der Waals surface area contributed by atoms with Crippen LogP contribution in [0.5, 0.6) is 0 Å². The molecule has 0 aromatic carbocycles. The van der Waals surface area contributed by atoms with E-state index in [1.54, 1.807) is 14.2 Å². The van der Waals surface area contributed by atoms with E-state index in [4.69, 9.17) is 9.47 Å². The summed E-state index contributed by atoms with van der Waals surface area (Å²) in [5.41, 5.74) is 0. The Morgan fingerprint density at radius 2 is 1.44 bits per heavy atom. The maximum Gasteiger partial charge on any atom is 0.131 e. The van der Waals surface area contributed by atoms with Crippen LogP contribution in [0, 0.1) is 0 Å². The zero-order valence-electron chi connectivity index (χ0n) is 11.4. The summed E-state index contributed by atoms with van der Waals surface area (Å²) >= 11 is 0. The first-order chi connectivity index (χ1) is 8.65. The fourth-order valence-corrected chi connectivity index (χ4v) is 1.21. The molecule has 18 heavy (non-hydrogen) atoms. The van der Waals surface area contributed by atoms with Gasteiger partial charge in [0.05, 0.1) is 12.2 Å². The molecule has 0 saturated carbocycles. The summed E-state index contributed by atoms with van der Waals surface area (Å²) in [4.78, 5) is 8.29. The van der Waals surface area contributed by atoms with Crippen molar-refractivity contribution in [2.24, 2.45) is 0 Å². The molecule has 2 unspecified atom stereocenters. The summed E-state index contributed by atoms with van der Waals surface area (Å²) in [5, 5.41) is 6.38. The Bertz CT molecular complexity index is 319. The SMILES string of the molecule is COC(C)CNc1cc(NCC(C)OC)ncn1. The second-order valence-corrected chi connectivity index (χ2v) is 4.14. The van der Waals surface area contributed by atoms with Gasteiger partial charge in [-0.05, 0) is 13.8 Å². The van der Waals surface area contributed by atoms with Gasteiger partial charge in [0.25, 0.3) is 0 Å². The molecule has 0 spiro atoms. The predicted octanol–water partition coefficient (Wildman–Crippen LogP) is 1.37. The first kappa shape index (κ1) is 14.7. The molecule has 1 rings (SSSR count). The minimum Gasteiger partial charge on any atom is -0.380 e. The number of ether oxygens (including phenoxy) is 2. The van der Waals surface area contributed by atoms with Crippen LogP contribution < -0.4 is 10.6 Å². The molecule has 0 aliphatic heterocycles. The molecule has 1 aromatic rings. The highest BCUT2D eigenvalue weighted by Gasteiger charge is 2.03. The summed E-state index contributed by atoms with van der Waals surface area (Å²) in [6.07, 6.45) is 1.81. The second kappa shape index (κ2) is 7.84. The molecule has 2 atom stereocenters. The van der Waals surface area contributed by atoms with E-state index >= 15 is 0 Å². The number of nitrogens with one attached hydrogen (secondary N) is 2. The number of hydrogen-bond donors (Lipinski definition) is 2. The fraction of sp³-hybridized carbons (Fsp3) is 0.667. The van der Waals surface area contributed by atoms with Crippen LogP contribution in [0.1, 0.15) is 13.8 Å². The first-order valence-corrected chi connectivity index (χ1v) is 6.01. The average molecular weight is 254 g/mol. The van der Waals surface area contributed by atoms with Crippen molar-refractivity contribution in [3.05, 3.63) is 12.4 Å². The lowest BCUT2D eigenvalue weighted by Crippen LogP contribution is -2.20. The maximum absolute atomic E-state index is 5.16. The van der Waals surface area contributed by atoms with Crippen molar-refractivity contribution in [2.45, 2.75) is 26.1 Å². The van der Waals surface area contributed by atoms with Crippen molar-refractivity contribution in [1.82, 2.24) is 9.97 Å². The van der Waals surface area contributed by atoms with Gasteiger partial charge in [-0.15, -0.1) is 0 Å². The lowest BCUT2D eigenvalue weighted by Gasteiger charge is -2.13. The van der Waals surface area contributed by atoms with Crippen LogP contribution in [-0.4, -0.2) is 49.5 Å². The van der Waals surface area contributed by atoms with Crippen molar-refractivity contribution in [1.29, 1.82) is 0 Å². The lowest BCUT2D eigenvalue weighted by atomic mass is 10.4. The van der Waals surface area contributed by atoms with E-state index in [-0.39, 0.29) is 12.2 Å². The standard InChI is InChI=1S/C12H22N4O2/c1-9(17-3)6-13-11-5-12(16-8-15-11)14-7-10(2)18-4/h5,8-10H,6-7H2,1-4H3,(H2,13,14,15,16). The molecule has 0 bridgehead atoms. The summed E-state index contributed by atoms with van der Waals surface area (Å²) < 4.78 is 10.3. The minimum absolute atomic E-state index is 0.143. The number of rotatable bonds is 8. The van der Waals surface area contributed by atoms with Gasteiger partial charge >= 0.3 is 0 Å². The summed E-state index contributed by atoms with van der Waals surface area (Å²) in [5.74, 6) is 1.56. The van der Waals surface area contributed by atoms with Gasteiger partial charge in [0.2, 0.25) is 0 Å². The van der Waals surface area contributed by atoms with Crippen molar-refractivity contribution in [3.63, 3.8) is 0 Å². The number of nitrogens with zero attached hydrogens (tertiary/aromatic N) is 2. The molecule has 2 N–H and O–H groups in total. The van der Waals surface area contributed by atoms with E-state index in [2.05, 4.69) is 20.6 Å². The molecule has 6 nitrogen and oxygen atoms in total. The molecule has 0 saturated heterocycles. The van der Waals surface area contributed by atoms with Gasteiger partial charge in [-0.1, -0.05) is 0 Å². The molecule has 102 valence electrons. The van der Waals surface area contributed by atoms with E-state index < -0.39 is 0 Å². The van der Waals surface area contributed by atoms with Crippen molar-refractivity contribution >= 4 is 11.6 Å². The Hall–Kier alpha value is -1.40. The monoisotopic (exact) mass is 254 g/mol. The van der Waals surface area contributed by atoms with Crippen LogP contribution in [0.3, 0.4) is 0 Å². The molecule has 1 aromatic heterocycles. The van der Waals surface area contributed by atoms with Crippen molar-refractivity contribution < 1.29 is 9.47 Å². The average Bonchev–Trinajstić information content (AvgIpc) is 2.42. The summed E-state index contributed by atoms with van der Waals surface area (Å²) in [7, 11) is 3.37. The van der Waals surface area contributed by atoms with Crippen LogP contribution in [0.25, 0.3) is 0 Å². The molecular formula is C12H22N4O2. The maximum atomic E-state index is 5.16. The fourth-order valence-electron chi connectivity index (χ4n) is 1.21. The Morgan fingerprint density at radius 3 is 1.83 bits per heavy atom. The molecule has 6 heteroatoms. The van der Waals surface area contributed by atoms with E-state index in [1.807, 2.05) is 19.9 Å². The topological polar surface area (TPSA) is 68.3 Å². The van der Waals surface area contributed by atoms with Crippen molar-refractivity contribution in [3.8, 4) is 0 Å². The quantitative estimate of drug-likeness (QED) is 0.730. The zero-order valence-corrected chi connectivity index (χ0v) is 11.4. The van der Waals surface area contributed by atoms with Crippen LogP contribution in [0.4, 0.5) is 11.6 Å². The van der Waals surface area contributed by atoms with E-state index in [0.29, 0.717) is 13.1 Å². The summed E-state index contributed by atoms with van der Waals surface area (Å²) in [6, 6.07) is 1.87. The Kier molecular flexibility index (Phi) is 6.38. The van der Waals surface area contributed by atoms with E-state index in [9.17, 15) is 0 Å². The minimum atomic E-state index is 0.143. The Balaban J connectivity index is 2.46. The van der Waals surface area contributed by atoms with Crippen LogP contribution in [0.2, 0.25) is 0 Å². The van der Waals surface area contributed by atoms with E-state index in [0.717, 1.165) is 11.6 Å². The Morgan fingerprint density at radius 1 is 1.00 bits per heavy atom. The number of aromatic nitrogens is 2. The third kappa shape index (κ3) is 5.29. The van der Waals surface area contributed by atoms with Gasteiger partial charge in [-0.2, -0.15) is 0 Å². The summed E-state index contributed by atoms with van der Waals surface area (Å²) in [6.45, 7) is 5.41. The van der Waals surface area contributed by atoms with Gasteiger partial charge < -0.3 is 20.1 Å². The third-order valence-corrected chi connectivity index (χ3v) is 2.61. The number of hydrogen-bond acceptors (Lipinski definition) is 6. The number of methoxy groups -OCH3 is 2. The normalized spacial score (nSPS) is 14.0. The highest BCUT2D eigenvalue weighted by atomic mass is 16.5. The second-order valence-electron chi connectivity index (χ2n) is 4.14. The molecular weight excluding hydrogens is 232 g/mol. The molecule has 0 aliphatic carbocycles. The van der Waals surface area contributed by atoms with Gasteiger partial charge in [-0.25, -0.2) is 9.97 Å². The molecule has 1 heterocycles. The smallest absolute Gasteiger partial charge is 0.131 e. The zero-order chi connectivity index (χ0) is 13.4. The largest absolute Gasteiger partial charge is 0.380 e. The predicted molar refractivity (Wildman–Crippen MR) is 72.0 cm³/mol. The van der Waals surface area contributed by atoms with Crippen LogP contribution in [-0.2, 0) is 9.47 Å². The van der Waals surface area contributed by atoms with Crippen molar-refractivity contribution in [2.75, 3.05) is 37.9 Å². The lowest BCUT2D eigenvalue weighted by molar-refractivity contribution is 0.128. The molecule has 0 aliphatic rings. The van der Waals surface area contributed by atoms with Crippen LogP contribution >= 0.6 is 0 Å². The molecule has 0 amide bonds. The highest BCUT2D eigenvalue weighted by Crippen LogP contribution is 2.09. The Labute approximate surface area is 108 Å². The van der Waals surface area contributed by atoms with Gasteiger partial charge in [0.1, 0.15) is 18.0 Å². The molecule has 0 radical (unpaired) electrons. The highest BCUT2D eigenvalue weighted by molar-refractivity contribution is 5.46. The van der Waals surface area contributed by atoms with Gasteiger partial charge in [0.15, 0.2) is 0 Å². The number of anilines is 2. The van der Waals surface area contributed by atoms with E-state index in [1.165, 1.54) is 6.33 Å². The van der Waals surface area contributed by atoms with Gasteiger partial charge in [-0.3, -0.25) is 0 Å². The first-order valence-electron chi connectivity index (χ1n) is 6.01. The van der Waals surface area contributed by atoms with Gasteiger partial charge in [0, 0.05) is 33.4 Å². The van der Waals surface area contributed by atoms with Crippen LogP contribution in [0.15, 0.2) is 12.4 Å². The molecule has 0 fully saturated rings.